The minimum absolute atomic E-state index is 0.0262. The molecule has 1 amide bonds. The SMILES string of the molecule is Cc1ccccc1CN(C)C(=O)CCS(=O)(=O)c1ccc(F)cc1. The fourth-order valence-electron chi connectivity index (χ4n) is 2.30. The van der Waals surface area contributed by atoms with E-state index in [1.807, 2.05) is 31.2 Å². The zero-order chi connectivity index (χ0) is 17.7. The van der Waals surface area contributed by atoms with E-state index in [0.717, 1.165) is 23.3 Å². The van der Waals surface area contributed by atoms with Crippen molar-refractivity contribution in [3.05, 3.63) is 65.5 Å². The van der Waals surface area contributed by atoms with E-state index in [1.165, 1.54) is 17.0 Å². The molecule has 0 saturated carbocycles. The Morgan fingerprint density at radius 3 is 2.33 bits per heavy atom. The number of rotatable bonds is 6. The van der Waals surface area contributed by atoms with Crippen molar-refractivity contribution < 1.29 is 17.6 Å². The first kappa shape index (κ1) is 18.1. The molecule has 2 rings (SSSR count). The molecule has 0 aliphatic carbocycles. The van der Waals surface area contributed by atoms with Crippen molar-refractivity contribution in [2.45, 2.75) is 24.8 Å². The third kappa shape index (κ3) is 4.64. The number of hydrogen-bond donors (Lipinski definition) is 0. The van der Waals surface area contributed by atoms with Crippen LogP contribution in [0.2, 0.25) is 0 Å². The number of amides is 1. The number of hydrogen-bond acceptors (Lipinski definition) is 3. The number of carbonyl (C=O) groups is 1. The van der Waals surface area contributed by atoms with Crippen LogP contribution < -0.4 is 0 Å². The minimum atomic E-state index is -3.60. The van der Waals surface area contributed by atoms with Crippen LogP contribution in [0, 0.1) is 12.7 Å². The Balaban J connectivity index is 1.97. The molecule has 0 aliphatic heterocycles. The van der Waals surface area contributed by atoms with Gasteiger partial charge in [-0.3, -0.25) is 4.79 Å². The van der Waals surface area contributed by atoms with E-state index in [4.69, 9.17) is 0 Å². The monoisotopic (exact) mass is 349 g/mol. The van der Waals surface area contributed by atoms with Crippen LogP contribution in [0.25, 0.3) is 0 Å². The largest absolute Gasteiger partial charge is 0.341 e. The van der Waals surface area contributed by atoms with Gasteiger partial charge in [0.1, 0.15) is 5.82 Å². The topological polar surface area (TPSA) is 54.5 Å². The maximum absolute atomic E-state index is 12.9. The molecule has 0 aliphatic rings. The summed E-state index contributed by atoms with van der Waals surface area (Å²) < 4.78 is 37.3. The lowest BCUT2D eigenvalue weighted by Crippen LogP contribution is -2.28. The van der Waals surface area contributed by atoms with Crippen LogP contribution in [0.1, 0.15) is 17.5 Å². The van der Waals surface area contributed by atoms with Gasteiger partial charge in [0.2, 0.25) is 5.91 Å². The second-order valence-corrected chi connectivity index (χ2v) is 7.81. The molecule has 0 saturated heterocycles. The van der Waals surface area contributed by atoms with Crippen molar-refractivity contribution in [1.29, 1.82) is 0 Å². The van der Waals surface area contributed by atoms with Gasteiger partial charge in [-0.15, -0.1) is 0 Å². The van der Waals surface area contributed by atoms with Crippen molar-refractivity contribution in [2.75, 3.05) is 12.8 Å². The minimum Gasteiger partial charge on any atom is -0.341 e. The lowest BCUT2D eigenvalue weighted by Gasteiger charge is -2.18. The van der Waals surface area contributed by atoms with Crippen LogP contribution in [0.3, 0.4) is 0 Å². The number of carbonyl (C=O) groups excluding carboxylic acids is 1. The fraction of sp³-hybridized carbons (Fsp3) is 0.278. The van der Waals surface area contributed by atoms with Gasteiger partial charge in [0.05, 0.1) is 10.6 Å². The Bertz CT molecular complexity index is 816. The highest BCUT2D eigenvalue weighted by Crippen LogP contribution is 2.14. The molecule has 24 heavy (non-hydrogen) atoms. The normalized spacial score (nSPS) is 11.3. The Labute approximate surface area is 141 Å². The highest BCUT2D eigenvalue weighted by Gasteiger charge is 2.18. The van der Waals surface area contributed by atoms with Crippen molar-refractivity contribution in [3.8, 4) is 0 Å². The van der Waals surface area contributed by atoms with Gasteiger partial charge >= 0.3 is 0 Å². The molecule has 0 fully saturated rings. The standard InChI is InChI=1S/C18H20FNO3S/c1-14-5-3-4-6-15(14)13-20(2)18(21)11-12-24(22,23)17-9-7-16(19)8-10-17/h3-10H,11-13H2,1-2H3. The molecule has 2 aromatic carbocycles. The van der Waals surface area contributed by atoms with Crippen LogP contribution >= 0.6 is 0 Å². The summed E-state index contributed by atoms with van der Waals surface area (Å²) in [6.45, 7) is 2.40. The fourth-order valence-corrected chi connectivity index (χ4v) is 3.53. The first-order chi connectivity index (χ1) is 11.3. The summed E-state index contributed by atoms with van der Waals surface area (Å²) >= 11 is 0. The first-order valence-corrected chi connectivity index (χ1v) is 9.21. The number of benzene rings is 2. The smallest absolute Gasteiger partial charge is 0.223 e. The summed E-state index contributed by atoms with van der Waals surface area (Å²) in [5.41, 5.74) is 2.10. The summed E-state index contributed by atoms with van der Waals surface area (Å²) in [5, 5.41) is 0. The van der Waals surface area contributed by atoms with E-state index in [1.54, 1.807) is 7.05 Å². The number of sulfone groups is 1. The molecule has 128 valence electrons. The van der Waals surface area contributed by atoms with Gasteiger partial charge in [-0.1, -0.05) is 24.3 Å². The van der Waals surface area contributed by atoms with Crippen LogP contribution in [0.4, 0.5) is 4.39 Å². The van der Waals surface area contributed by atoms with Crippen LogP contribution in [-0.2, 0) is 21.2 Å². The molecule has 2 aromatic rings. The van der Waals surface area contributed by atoms with Gasteiger partial charge in [0.15, 0.2) is 9.84 Å². The zero-order valence-electron chi connectivity index (χ0n) is 13.7. The molecule has 0 radical (unpaired) electrons. The highest BCUT2D eigenvalue weighted by molar-refractivity contribution is 7.91. The first-order valence-electron chi connectivity index (χ1n) is 7.56. The summed E-state index contributed by atoms with van der Waals surface area (Å²) in [4.78, 5) is 13.7. The lowest BCUT2D eigenvalue weighted by atomic mass is 10.1. The second-order valence-electron chi connectivity index (χ2n) is 5.70. The van der Waals surface area contributed by atoms with Gasteiger partial charge in [0, 0.05) is 20.0 Å². The third-order valence-corrected chi connectivity index (χ3v) is 5.58. The van der Waals surface area contributed by atoms with E-state index in [0.29, 0.717) is 6.54 Å². The molecular weight excluding hydrogens is 329 g/mol. The maximum atomic E-state index is 12.9. The van der Waals surface area contributed by atoms with E-state index in [2.05, 4.69) is 0 Å². The van der Waals surface area contributed by atoms with Crippen molar-refractivity contribution >= 4 is 15.7 Å². The lowest BCUT2D eigenvalue weighted by molar-refractivity contribution is -0.130. The van der Waals surface area contributed by atoms with Crippen LogP contribution in [-0.4, -0.2) is 32.0 Å². The highest BCUT2D eigenvalue weighted by atomic mass is 32.2. The molecular formula is C18H20FNO3S. The van der Waals surface area contributed by atoms with E-state index < -0.39 is 15.7 Å². The number of nitrogens with zero attached hydrogens (tertiary/aromatic N) is 1. The average Bonchev–Trinajstić information content (AvgIpc) is 2.55. The quantitative estimate of drug-likeness (QED) is 0.754. The van der Waals surface area contributed by atoms with Gasteiger partial charge in [-0.05, 0) is 42.3 Å². The molecule has 0 bridgehead atoms. The predicted molar refractivity (Wildman–Crippen MR) is 90.7 cm³/mol. The molecule has 6 heteroatoms. The number of aryl methyl sites for hydroxylation is 1. The van der Waals surface area contributed by atoms with Crippen molar-refractivity contribution in [3.63, 3.8) is 0 Å². The predicted octanol–water partition coefficient (Wildman–Crippen LogP) is 2.96. The summed E-state index contributed by atoms with van der Waals surface area (Å²) in [7, 11) is -1.95. The Hall–Kier alpha value is -2.21. The Morgan fingerprint density at radius 2 is 1.71 bits per heavy atom. The average molecular weight is 349 g/mol. The van der Waals surface area contributed by atoms with Gasteiger partial charge in [-0.2, -0.15) is 0 Å². The molecule has 0 atom stereocenters. The van der Waals surface area contributed by atoms with Gasteiger partial charge < -0.3 is 4.90 Å². The van der Waals surface area contributed by atoms with Crippen LogP contribution in [0.15, 0.2) is 53.4 Å². The van der Waals surface area contributed by atoms with E-state index >= 15 is 0 Å². The second kappa shape index (κ2) is 7.57. The summed E-state index contributed by atoms with van der Waals surface area (Å²) in [6, 6.07) is 12.4. The molecule has 0 N–H and O–H groups in total. The molecule has 0 spiro atoms. The van der Waals surface area contributed by atoms with Gasteiger partial charge in [-0.25, -0.2) is 12.8 Å². The molecule has 0 heterocycles. The molecule has 4 nitrogen and oxygen atoms in total. The van der Waals surface area contributed by atoms with E-state index in [-0.39, 0.29) is 23.0 Å². The summed E-state index contributed by atoms with van der Waals surface area (Å²) in [5.74, 6) is -1.04. The zero-order valence-corrected chi connectivity index (χ0v) is 14.5. The third-order valence-electron chi connectivity index (χ3n) is 3.85. The molecule has 0 unspecified atom stereocenters. The van der Waals surface area contributed by atoms with Crippen LogP contribution in [0.5, 0.6) is 0 Å². The molecule has 0 aromatic heterocycles. The van der Waals surface area contributed by atoms with E-state index in [9.17, 15) is 17.6 Å². The summed E-state index contributed by atoms with van der Waals surface area (Å²) in [6.07, 6.45) is -0.109. The Kier molecular flexibility index (Phi) is 5.72. The Morgan fingerprint density at radius 1 is 1.08 bits per heavy atom. The maximum Gasteiger partial charge on any atom is 0.223 e. The van der Waals surface area contributed by atoms with Crippen molar-refractivity contribution in [2.24, 2.45) is 0 Å². The van der Waals surface area contributed by atoms with Crippen molar-refractivity contribution in [1.82, 2.24) is 4.90 Å². The number of halogens is 1. The van der Waals surface area contributed by atoms with Gasteiger partial charge in [0.25, 0.3) is 0 Å².